The first-order chi connectivity index (χ1) is 10.2. The van der Waals surface area contributed by atoms with E-state index in [0.29, 0.717) is 12.3 Å². The van der Waals surface area contributed by atoms with Gasteiger partial charge >= 0.3 is 0 Å². The van der Waals surface area contributed by atoms with Crippen molar-refractivity contribution in [3.8, 4) is 0 Å². The van der Waals surface area contributed by atoms with E-state index >= 15 is 0 Å². The van der Waals surface area contributed by atoms with E-state index in [2.05, 4.69) is 25.4 Å². The van der Waals surface area contributed by atoms with E-state index in [9.17, 15) is 4.79 Å². The standard InChI is InChI=1S/C15H25N5O/c1-11(17-14(21)9-12-6-7-16-10-12)15-19-18-13-5-3-2-4-8-20(13)15/h11-12,16H,2-10H2,1H3,(H,17,21). The highest BCUT2D eigenvalue weighted by atomic mass is 16.1. The molecule has 6 nitrogen and oxygen atoms in total. The molecule has 116 valence electrons. The van der Waals surface area contributed by atoms with Crippen molar-refractivity contribution >= 4 is 5.91 Å². The molecule has 0 bridgehead atoms. The molecule has 2 N–H and O–H groups in total. The monoisotopic (exact) mass is 291 g/mol. The van der Waals surface area contributed by atoms with Crippen molar-refractivity contribution in [3.63, 3.8) is 0 Å². The van der Waals surface area contributed by atoms with E-state index in [1.807, 2.05) is 6.92 Å². The first-order valence-corrected chi connectivity index (χ1v) is 8.16. The maximum absolute atomic E-state index is 12.1. The fourth-order valence-corrected chi connectivity index (χ4v) is 3.34. The lowest BCUT2D eigenvalue weighted by Gasteiger charge is -2.16. The molecule has 1 fully saturated rings. The molecule has 3 heterocycles. The van der Waals surface area contributed by atoms with Crippen LogP contribution >= 0.6 is 0 Å². The molecule has 21 heavy (non-hydrogen) atoms. The molecule has 0 spiro atoms. The Labute approximate surface area is 125 Å². The molecule has 0 aliphatic carbocycles. The van der Waals surface area contributed by atoms with Gasteiger partial charge in [-0.15, -0.1) is 10.2 Å². The van der Waals surface area contributed by atoms with E-state index in [0.717, 1.165) is 44.1 Å². The molecule has 1 saturated heterocycles. The summed E-state index contributed by atoms with van der Waals surface area (Å²) in [6, 6.07) is -0.0637. The number of rotatable bonds is 4. The summed E-state index contributed by atoms with van der Waals surface area (Å²) >= 11 is 0. The summed E-state index contributed by atoms with van der Waals surface area (Å²) in [5, 5.41) is 15.0. The van der Waals surface area contributed by atoms with Gasteiger partial charge in [0.05, 0.1) is 6.04 Å². The van der Waals surface area contributed by atoms with Gasteiger partial charge in [-0.1, -0.05) is 6.42 Å². The van der Waals surface area contributed by atoms with Crippen LogP contribution in [0.1, 0.15) is 56.7 Å². The molecule has 2 unspecified atom stereocenters. The van der Waals surface area contributed by atoms with Crippen molar-refractivity contribution in [1.82, 2.24) is 25.4 Å². The third kappa shape index (κ3) is 3.43. The Morgan fingerprint density at radius 2 is 2.33 bits per heavy atom. The Morgan fingerprint density at radius 1 is 1.43 bits per heavy atom. The molecule has 6 heteroatoms. The minimum absolute atomic E-state index is 0.0637. The van der Waals surface area contributed by atoms with Crippen molar-refractivity contribution in [3.05, 3.63) is 11.6 Å². The van der Waals surface area contributed by atoms with E-state index in [-0.39, 0.29) is 11.9 Å². The maximum atomic E-state index is 12.1. The number of hydrogen-bond donors (Lipinski definition) is 2. The summed E-state index contributed by atoms with van der Waals surface area (Å²) in [5.41, 5.74) is 0. The summed E-state index contributed by atoms with van der Waals surface area (Å²) < 4.78 is 2.20. The van der Waals surface area contributed by atoms with Gasteiger partial charge in [-0.2, -0.15) is 0 Å². The van der Waals surface area contributed by atoms with Gasteiger partial charge < -0.3 is 15.2 Å². The fourth-order valence-electron chi connectivity index (χ4n) is 3.34. The molecule has 2 aliphatic rings. The third-order valence-corrected chi connectivity index (χ3v) is 4.54. The number of carbonyl (C=O) groups is 1. The normalized spacial score (nSPS) is 23.4. The summed E-state index contributed by atoms with van der Waals surface area (Å²) in [5.74, 6) is 2.59. The van der Waals surface area contributed by atoms with Crippen molar-refractivity contribution in [1.29, 1.82) is 0 Å². The average molecular weight is 291 g/mol. The predicted molar refractivity (Wildman–Crippen MR) is 79.7 cm³/mol. The Kier molecular flexibility index (Phi) is 4.53. The summed E-state index contributed by atoms with van der Waals surface area (Å²) in [6.07, 6.45) is 6.32. The lowest BCUT2D eigenvalue weighted by atomic mass is 10.0. The molecule has 0 radical (unpaired) electrons. The zero-order valence-electron chi connectivity index (χ0n) is 12.8. The molecule has 3 rings (SSSR count). The van der Waals surface area contributed by atoms with Gasteiger partial charge in [-0.25, -0.2) is 0 Å². The van der Waals surface area contributed by atoms with Crippen LogP contribution in [0.4, 0.5) is 0 Å². The number of aryl methyl sites for hydroxylation is 1. The Balaban J connectivity index is 1.61. The number of nitrogens with one attached hydrogen (secondary N) is 2. The Bertz CT molecular complexity index is 492. The quantitative estimate of drug-likeness (QED) is 0.874. The van der Waals surface area contributed by atoms with Crippen LogP contribution in [-0.4, -0.2) is 33.8 Å². The number of carbonyl (C=O) groups excluding carboxylic acids is 1. The SMILES string of the molecule is CC(NC(=O)CC1CCNC1)c1nnc2n1CCCCC2. The minimum atomic E-state index is -0.0637. The van der Waals surface area contributed by atoms with Crippen molar-refractivity contribution in [2.75, 3.05) is 13.1 Å². The van der Waals surface area contributed by atoms with E-state index in [1.165, 1.54) is 19.3 Å². The molecule has 2 atom stereocenters. The Morgan fingerprint density at radius 3 is 3.14 bits per heavy atom. The van der Waals surface area contributed by atoms with E-state index < -0.39 is 0 Å². The van der Waals surface area contributed by atoms with Gasteiger partial charge in [0.1, 0.15) is 5.82 Å². The van der Waals surface area contributed by atoms with Gasteiger partial charge in [0, 0.05) is 19.4 Å². The first kappa shape index (κ1) is 14.5. The highest BCUT2D eigenvalue weighted by Gasteiger charge is 2.23. The number of nitrogens with zero attached hydrogens (tertiary/aromatic N) is 3. The summed E-state index contributed by atoms with van der Waals surface area (Å²) in [7, 11) is 0. The van der Waals surface area contributed by atoms with Crippen molar-refractivity contribution < 1.29 is 4.79 Å². The fraction of sp³-hybridized carbons (Fsp3) is 0.800. The molecule has 1 amide bonds. The highest BCUT2D eigenvalue weighted by molar-refractivity contribution is 5.76. The number of fused-ring (bicyclic) bond motifs is 1. The van der Waals surface area contributed by atoms with Gasteiger partial charge in [0.2, 0.25) is 5.91 Å². The van der Waals surface area contributed by atoms with E-state index in [4.69, 9.17) is 0 Å². The van der Waals surface area contributed by atoms with Crippen LogP contribution in [0.2, 0.25) is 0 Å². The molecule has 1 aromatic heterocycles. The third-order valence-electron chi connectivity index (χ3n) is 4.54. The first-order valence-electron chi connectivity index (χ1n) is 8.16. The molecule has 0 aromatic carbocycles. The van der Waals surface area contributed by atoms with Crippen LogP contribution in [0, 0.1) is 5.92 Å². The summed E-state index contributed by atoms with van der Waals surface area (Å²) in [4.78, 5) is 12.1. The topological polar surface area (TPSA) is 71.8 Å². The van der Waals surface area contributed by atoms with Crippen LogP contribution in [0.15, 0.2) is 0 Å². The van der Waals surface area contributed by atoms with Crippen LogP contribution in [0.25, 0.3) is 0 Å². The van der Waals surface area contributed by atoms with Crippen LogP contribution in [0.3, 0.4) is 0 Å². The number of hydrogen-bond acceptors (Lipinski definition) is 4. The highest BCUT2D eigenvalue weighted by Crippen LogP contribution is 2.19. The number of aromatic nitrogens is 3. The maximum Gasteiger partial charge on any atom is 0.220 e. The number of amides is 1. The smallest absolute Gasteiger partial charge is 0.220 e. The van der Waals surface area contributed by atoms with Crippen LogP contribution < -0.4 is 10.6 Å². The van der Waals surface area contributed by atoms with Gasteiger partial charge in [-0.3, -0.25) is 4.79 Å². The second kappa shape index (κ2) is 6.56. The zero-order valence-corrected chi connectivity index (χ0v) is 12.8. The largest absolute Gasteiger partial charge is 0.346 e. The second-order valence-electron chi connectivity index (χ2n) is 6.29. The molecular weight excluding hydrogens is 266 g/mol. The van der Waals surface area contributed by atoms with Crippen molar-refractivity contribution in [2.45, 2.75) is 58.0 Å². The van der Waals surface area contributed by atoms with Gasteiger partial charge in [0.15, 0.2) is 5.82 Å². The molecule has 1 aromatic rings. The predicted octanol–water partition coefficient (Wildman–Crippen LogP) is 1.18. The molecule has 2 aliphatic heterocycles. The molecular formula is C15H25N5O. The lowest BCUT2D eigenvalue weighted by Crippen LogP contribution is -2.30. The second-order valence-corrected chi connectivity index (χ2v) is 6.29. The van der Waals surface area contributed by atoms with Gasteiger partial charge in [0.25, 0.3) is 0 Å². The molecule has 0 saturated carbocycles. The van der Waals surface area contributed by atoms with E-state index in [1.54, 1.807) is 0 Å². The average Bonchev–Trinajstić information content (AvgIpc) is 3.04. The van der Waals surface area contributed by atoms with Crippen LogP contribution in [0.5, 0.6) is 0 Å². The minimum Gasteiger partial charge on any atom is -0.346 e. The van der Waals surface area contributed by atoms with Crippen LogP contribution in [-0.2, 0) is 17.8 Å². The van der Waals surface area contributed by atoms with Gasteiger partial charge in [-0.05, 0) is 45.2 Å². The zero-order chi connectivity index (χ0) is 14.7. The lowest BCUT2D eigenvalue weighted by molar-refractivity contribution is -0.122. The summed E-state index contributed by atoms with van der Waals surface area (Å²) in [6.45, 7) is 4.98. The van der Waals surface area contributed by atoms with Crippen molar-refractivity contribution in [2.24, 2.45) is 5.92 Å². The Hall–Kier alpha value is -1.43.